The van der Waals surface area contributed by atoms with Crippen molar-refractivity contribution in [2.75, 3.05) is 18.0 Å². The highest BCUT2D eigenvalue weighted by Crippen LogP contribution is 2.01. The number of rotatable bonds is 5. The van der Waals surface area contributed by atoms with Crippen LogP contribution in [0.5, 0.6) is 0 Å². The van der Waals surface area contributed by atoms with Crippen molar-refractivity contribution in [3.8, 4) is 0 Å². The van der Waals surface area contributed by atoms with Gasteiger partial charge in [0.05, 0.1) is 6.54 Å². The highest BCUT2D eigenvalue weighted by Gasteiger charge is 2.14. The van der Waals surface area contributed by atoms with Gasteiger partial charge >= 0.3 is 0 Å². The van der Waals surface area contributed by atoms with Crippen LogP contribution < -0.4 is 15.8 Å². The molecule has 0 saturated heterocycles. The Morgan fingerprint density at radius 2 is 2.29 bits per heavy atom. The van der Waals surface area contributed by atoms with Gasteiger partial charge in [0, 0.05) is 25.0 Å². The Morgan fingerprint density at radius 1 is 1.59 bits per heavy atom. The molecule has 0 aliphatic carbocycles. The fourth-order valence-corrected chi connectivity index (χ4v) is 1.45. The maximum Gasteiger partial charge on any atom is 0.290 e. The zero-order valence-corrected chi connectivity index (χ0v) is 10.4. The monoisotopic (exact) mass is 238 g/mol. The van der Waals surface area contributed by atoms with E-state index >= 15 is 0 Å². The second-order valence-corrected chi connectivity index (χ2v) is 3.98. The molecule has 6 heteroatoms. The lowest BCUT2D eigenvalue weighted by molar-refractivity contribution is -0.120. The average Bonchev–Trinajstić information content (AvgIpc) is 2.26. The largest absolute Gasteiger partial charge is 0.352 e. The molecule has 1 rings (SSSR count). The van der Waals surface area contributed by atoms with Crippen molar-refractivity contribution < 1.29 is 4.79 Å². The van der Waals surface area contributed by atoms with Crippen LogP contribution in [0.3, 0.4) is 0 Å². The van der Waals surface area contributed by atoms with Crippen molar-refractivity contribution in [1.29, 1.82) is 0 Å². The standard InChI is InChI=1S/C11H18N4O2/c1-4-15(7-9(16)14-8(2)3)10-11(17)13-6-5-12-10/h5-6,8H,4,7H2,1-3H3,(H,13,17)(H,14,16). The number of nitrogens with one attached hydrogen (secondary N) is 2. The summed E-state index contributed by atoms with van der Waals surface area (Å²) in [5.41, 5.74) is -0.285. The molecule has 0 saturated carbocycles. The molecule has 0 aromatic carbocycles. The minimum absolute atomic E-state index is 0.0863. The van der Waals surface area contributed by atoms with Crippen LogP contribution in [0.15, 0.2) is 17.2 Å². The maximum atomic E-state index is 11.6. The topological polar surface area (TPSA) is 78.1 Å². The Bertz CT molecular complexity index is 427. The Morgan fingerprint density at radius 3 is 2.82 bits per heavy atom. The fourth-order valence-electron chi connectivity index (χ4n) is 1.45. The van der Waals surface area contributed by atoms with Gasteiger partial charge < -0.3 is 15.2 Å². The zero-order chi connectivity index (χ0) is 12.8. The van der Waals surface area contributed by atoms with Gasteiger partial charge in [0.2, 0.25) is 5.91 Å². The van der Waals surface area contributed by atoms with Gasteiger partial charge in [-0.15, -0.1) is 0 Å². The van der Waals surface area contributed by atoms with Crippen molar-refractivity contribution in [3.63, 3.8) is 0 Å². The second-order valence-electron chi connectivity index (χ2n) is 3.98. The molecule has 1 aromatic heterocycles. The van der Waals surface area contributed by atoms with Crippen LogP contribution >= 0.6 is 0 Å². The molecule has 1 amide bonds. The molecule has 0 unspecified atom stereocenters. The van der Waals surface area contributed by atoms with Gasteiger partial charge in [-0.25, -0.2) is 4.98 Å². The summed E-state index contributed by atoms with van der Waals surface area (Å²) in [5, 5.41) is 2.78. The first-order valence-corrected chi connectivity index (χ1v) is 5.62. The minimum Gasteiger partial charge on any atom is -0.352 e. The number of amides is 1. The highest BCUT2D eigenvalue weighted by atomic mass is 16.2. The highest BCUT2D eigenvalue weighted by molar-refractivity contribution is 5.81. The molecular weight excluding hydrogens is 220 g/mol. The van der Waals surface area contributed by atoms with E-state index in [1.54, 1.807) is 4.90 Å². The fraction of sp³-hybridized carbons (Fsp3) is 0.545. The number of hydrogen-bond donors (Lipinski definition) is 2. The number of nitrogens with zero attached hydrogens (tertiary/aromatic N) is 2. The van der Waals surface area contributed by atoms with Crippen LogP contribution in [0.4, 0.5) is 5.82 Å². The summed E-state index contributed by atoms with van der Waals surface area (Å²) in [6.07, 6.45) is 2.97. The van der Waals surface area contributed by atoms with Crippen LogP contribution in [0.1, 0.15) is 20.8 Å². The zero-order valence-electron chi connectivity index (χ0n) is 10.4. The number of likely N-dealkylation sites (N-methyl/N-ethyl adjacent to an activating group) is 1. The predicted octanol–water partition coefficient (Wildman–Crippen LogP) is 0.121. The number of carbonyl (C=O) groups is 1. The summed E-state index contributed by atoms with van der Waals surface area (Å²) >= 11 is 0. The lowest BCUT2D eigenvalue weighted by Crippen LogP contribution is -2.42. The first kappa shape index (κ1) is 13.2. The number of anilines is 1. The first-order chi connectivity index (χ1) is 8.04. The third-order valence-electron chi connectivity index (χ3n) is 2.15. The van der Waals surface area contributed by atoms with E-state index < -0.39 is 0 Å². The van der Waals surface area contributed by atoms with Crippen LogP contribution in [0.2, 0.25) is 0 Å². The molecular formula is C11H18N4O2. The van der Waals surface area contributed by atoms with Crippen molar-refractivity contribution in [2.24, 2.45) is 0 Å². The number of carbonyl (C=O) groups excluding carboxylic acids is 1. The van der Waals surface area contributed by atoms with Gasteiger partial charge in [0.15, 0.2) is 5.82 Å². The van der Waals surface area contributed by atoms with Crippen molar-refractivity contribution in [1.82, 2.24) is 15.3 Å². The number of aromatic nitrogens is 2. The van der Waals surface area contributed by atoms with E-state index in [1.807, 2.05) is 20.8 Å². The minimum atomic E-state index is -0.285. The molecule has 0 aliphatic heterocycles. The summed E-state index contributed by atoms with van der Waals surface area (Å²) in [5.74, 6) is 0.154. The van der Waals surface area contributed by atoms with Crippen LogP contribution in [0, 0.1) is 0 Å². The van der Waals surface area contributed by atoms with Crippen molar-refractivity contribution in [3.05, 3.63) is 22.7 Å². The van der Waals surface area contributed by atoms with Gasteiger partial charge in [-0.2, -0.15) is 0 Å². The van der Waals surface area contributed by atoms with Crippen molar-refractivity contribution in [2.45, 2.75) is 26.8 Å². The maximum absolute atomic E-state index is 11.6. The summed E-state index contributed by atoms with van der Waals surface area (Å²) in [6.45, 7) is 6.33. The number of aromatic amines is 1. The summed E-state index contributed by atoms with van der Waals surface area (Å²) in [7, 11) is 0. The Hall–Kier alpha value is -1.85. The molecule has 1 aromatic rings. The van der Waals surface area contributed by atoms with Gasteiger partial charge in [-0.1, -0.05) is 0 Å². The normalized spacial score (nSPS) is 10.4. The number of hydrogen-bond acceptors (Lipinski definition) is 4. The summed E-state index contributed by atoms with van der Waals surface area (Å²) in [4.78, 5) is 31.3. The molecule has 17 heavy (non-hydrogen) atoms. The molecule has 0 aliphatic rings. The van der Waals surface area contributed by atoms with E-state index in [0.717, 1.165) is 0 Å². The predicted molar refractivity (Wildman–Crippen MR) is 66.0 cm³/mol. The van der Waals surface area contributed by atoms with Crippen LogP contribution in [0.25, 0.3) is 0 Å². The first-order valence-electron chi connectivity index (χ1n) is 5.62. The SMILES string of the molecule is CCN(CC(=O)NC(C)C)c1ncc[nH]c1=O. The van der Waals surface area contributed by atoms with E-state index in [4.69, 9.17) is 0 Å². The quantitative estimate of drug-likeness (QED) is 0.764. The lowest BCUT2D eigenvalue weighted by atomic mass is 10.3. The molecule has 1 heterocycles. The van der Waals surface area contributed by atoms with E-state index in [0.29, 0.717) is 6.54 Å². The average molecular weight is 238 g/mol. The molecule has 2 N–H and O–H groups in total. The van der Waals surface area contributed by atoms with E-state index in [-0.39, 0.29) is 29.9 Å². The molecule has 0 fully saturated rings. The molecule has 0 spiro atoms. The van der Waals surface area contributed by atoms with Gasteiger partial charge in [-0.3, -0.25) is 9.59 Å². The smallest absolute Gasteiger partial charge is 0.290 e. The second kappa shape index (κ2) is 6.03. The third kappa shape index (κ3) is 3.90. The van der Waals surface area contributed by atoms with E-state index in [2.05, 4.69) is 15.3 Å². The summed E-state index contributed by atoms with van der Waals surface area (Å²) < 4.78 is 0. The summed E-state index contributed by atoms with van der Waals surface area (Å²) in [6, 6.07) is 0.0863. The third-order valence-corrected chi connectivity index (χ3v) is 2.15. The van der Waals surface area contributed by atoms with E-state index in [1.165, 1.54) is 12.4 Å². The Balaban J connectivity index is 2.76. The van der Waals surface area contributed by atoms with Crippen molar-refractivity contribution >= 4 is 11.7 Å². The van der Waals surface area contributed by atoms with Gasteiger partial charge in [0.25, 0.3) is 5.56 Å². The van der Waals surface area contributed by atoms with E-state index in [9.17, 15) is 9.59 Å². The molecule has 0 bridgehead atoms. The molecule has 0 atom stereocenters. The molecule has 0 radical (unpaired) electrons. The Labute approximate surface area is 100 Å². The lowest BCUT2D eigenvalue weighted by Gasteiger charge is -2.20. The van der Waals surface area contributed by atoms with Crippen LogP contribution in [-0.4, -0.2) is 35.0 Å². The van der Waals surface area contributed by atoms with Crippen LogP contribution in [-0.2, 0) is 4.79 Å². The van der Waals surface area contributed by atoms with Gasteiger partial charge in [0.1, 0.15) is 0 Å². The Kier molecular flexibility index (Phi) is 4.68. The molecule has 6 nitrogen and oxygen atoms in total. The van der Waals surface area contributed by atoms with Gasteiger partial charge in [-0.05, 0) is 20.8 Å². The molecule has 94 valence electrons. The number of H-pyrrole nitrogens is 1.